The van der Waals surface area contributed by atoms with Gasteiger partial charge in [-0.25, -0.2) is 4.39 Å². The molecule has 1 unspecified atom stereocenters. The summed E-state index contributed by atoms with van der Waals surface area (Å²) in [6.07, 6.45) is 2.39. The SMILES string of the molecule is COc1ccc2c(Oc3ccc(/C=C/C(O)OC)cc3)c(-c3ccc(F)cc3)sc2c1. The van der Waals surface area contributed by atoms with E-state index in [1.807, 2.05) is 42.5 Å². The molecule has 31 heavy (non-hydrogen) atoms. The van der Waals surface area contributed by atoms with E-state index >= 15 is 0 Å². The molecule has 0 aliphatic rings. The molecule has 0 fully saturated rings. The molecule has 0 saturated heterocycles. The summed E-state index contributed by atoms with van der Waals surface area (Å²) in [5, 5.41) is 10.4. The zero-order chi connectivity index (χ0) is 21.8. The van der Waals surface area contributed by atoms with Crippen molar-refractivity contribution >= 4 is 27.5 Å². The molecule has 0 amide bonds. The summed E-state index contributed by atoms with van der Waals surface area (Å²) in [5.41, 5.74) is 1.78. The van der Waals surface area contributed by atoms with Crippen molar-refractivity contribution in [2.24, 2.45) is 0 Å². The molecule has 4 aromatic rings. The Morgan fingerprint density at radius 1 is 0.935 bits per heavy atom. The van der Waals surface area contributed by atoms with Crippen LogP contribution in [0.25, 0.3) is 26.6 Å². The summed E-state index contributed by atoms with van der Waals surface area (Å²) in [5.74, 6) is 1.87. The Bertz CT molecular complexity index is 1200. The van der Waals surface area contributed by atoms with Crippen molar-refractivity contribution in [3.05, 3.63) is 84.2 Å². The summed E-state index contributed by atoms with van der Waals surface area (Å²) < 4.78 is 30.9. The average molecular weight is 437 g/mol. The first-order valence-corrected chi connectivity index (χ1v) is 10.4. The normalized spacial score (nSPS) is 12.4. The lowest BCUT2D eigenvalue weighted by molar-refractivity contribution is -0.0350. The van der Waals surface area contributed by atoms with E-state index in [-0.39, 0.29) is 5.82 Å². The predicted octanol–water partition coefficient (Wildman–Crippen LogP) is 6.49. The average Bonchev–Trinajstić information content (AvgIpc) is 3.16. The Labute approximate surface area is 183 Å². The highest BCUT2D eigenvalue weighted by atomic mass is 32.1. The highest BCUT2D eigenvalue weighted by Gasteiger charge is 2.17. The van der Waals surface area contributed by atoms with Crippen molar-refractivity contribution in [1.82, 2.24) is 0 Å². The summed E-state index contributed by atoms with van der Waals surface area (Å²) >= 11 is 1.57. The van der Waals surface area contributed by atoms with Gasteiger partial charge in [0.1, 0.15) is 17.3 Å². The van der Waals surface area contributed by atoms with Crippen molar-refractivity contribution < 1.29 is 23.7 Å². The van der Waals surface area contributed by atoms with Crippen LogP contribution in [-0.2, 0) is 4.74 Å². The number of benzene rings is 3. The largest absolute Gasteiger partial charge is 0.497 e. The highest BCUT2D eigenvalue weighted by Crippen LogP contribution is 2.47. The zero-order valence-electron chi connectivity index (χ0n) is 17.0. The zero-order valence-corrected chi connectivity index (χ0v) is 17.9. The lowest BCUT2D eigenvalue weighted by atomic mass is 10.1. The summed E-state index contributed by atoms with van der Waals surface area (Å²) in [6, 6.07) is 19.7. The van der Waals surface area contributed by atoms with Crippen molar-refractivity contribution in [2.75, 3.05) is 14.2 Å². The first kappa shape index (κ1) is 21.1. The van der Waals surface area contributed by atoms with Crippen LogP contribution in [0.3, 0.4) is 0 Å². The van der Waals surface area contributed by atoms with Crippen LogP contribution in [0, 0.1) is 5.82 Å². The molecule has 3 aromatic carbocycles. The fourth-order valence-corrected chi connectivity index (χ4v) is 4.27. The van der Waals surface area contributed by atoms with E-state index in [4.69, 9.17) is 14.2 Å². The molecular weight excluding hydrogens is 415 g/mol. The molecule has 1 heterocycles. The Hall–Kier alpha value is -3.19. The van der Waals surface area contributed by atoms with Gasteiger partial charge in [0.05, 0.1) is 12.0 Å². The molecule has 0 spiro atoms. The Morgan fingerprint density at radius 2 is 1.65 bits per heavy atom. The van der Waals surface area contributed by atoms with E-state index in [0.717, 1.165) is 31.8 Å². The number of ether oxygens (including phenoxy) is 3. The molecule has 158 valence electrons. The number of fused-ring (bicyclic) bond motifs is 1. The van der Waals surface area contributed by atoms with Gasteiger partial charge in [-0.15, -0.1) is 11.3 Å². The van der Waals surface area contributed by atoms with Crippen LogP contribution in [0.15, 0.2) is 72.8 Å². The van der Waals surface area contributed by atoms with Crippen molar-refractivity contribution in [3.8, 4) is 27.7 Å². The quantitative estimate of drug-likeness (QED) is 0.337. The predicted molar refractivity (Wildman–Crippen MR) is 122 cm³/mol. The van der Waals surface area contributed by atoms with Crippen molar-refractivity contribution in [3.63, 3.8) is 0 Å². The minimum absolute atomic E-state index is 0.281. The van der Waals surface area contributed by atoms with Crippen LogP contribution in [0.1, 0.15) is 5.56 Å². The standard InChI is InChI=1S/C25H21FO4S/c1-28-20-12-13-21-22(15-20)31-25(17-6-8-18(26)9-7-17)24(21)30-19-10-3-16(4-11-19)5-14-23(27)29-2/h3-15,23,27H,1-2H3/b14-5+. The number of rotatable bonds is 7. The van der Waals surface area contributed by atoms with Gasteiger partial charge in [-0.2, -0.15) is 0 Å². The summed E-state index contributed by atoms with van der Waals surface area (Å²) in [6.45, 7) is 0. The molecule has 1 aromatic heterocycles. The molecule has 0 bridgehead atoms. The monoisotopic (exact) mass is 436 g/mol. The molecule has 4 rings (SSSR count). The van der Waals surface area contributed by atoms with Crippen LogP contribution in [-0.4, -0.2) is 25.6 Å². The second-order valence-electron chi connectivity index (χ2n) is 6.79. The van der Waals surface area contributed by atoms with Gasteiger partial charge in [0.15, 0.2) is 12.0 Å². The van der Waals surface area contributed by atoms with Gasteiger partial charge < -0.3 is 19.3 Å². The Balaban J connectivity index is 1.71. The molecule has 4 nitrogen and oxygen atoms in total. The third-order valence-corrected chi connectivity index (χ3v) is 5.94. The maximum absolute atomic E-state index is 13.5. The lowest BCUT2D eigenvalue weighted by Crippen LogP contribution is -2.03. The number of thiophene rings is 1. The number of aliphatic hydroxyl groups excluding tert-OH is 1. The fraction of sp³-hybridized carbons (Fsp3) is 0.120. The van der Waals surface area contributed by atoms with Gasteiger partial charge in [-0.3, -0.25) is 0 Å². The van der Waals surface area contributed by atoms with E-state index in [2.05, 4.69) is 0 Å². The number of aliphatic hydroxyl groups is 1. The number of hydrogen-bond acceptors (Lipinski definition) is 5. The third-order valence-electron chi connectivity index (χ3n) is 4.75. The molecule has 0 aliphatic heterocycles. The van der Waals surface area contributed by atoms with Gasteiger partial charge in [0, 0.05) is 17.2 Å². The van der Waals surface area contributed by atoms with E-state index in [1.165, 1.54) is 19.2 Å². The van der Waals surface area contributed by atoms with Crippen LogP contribution >= 0.6 is 11.3 Å². The number of methoxy groups -OCH3 is 2. The Kier molecular flexibility index (Phi) is 6.32. The van der Waals surface area contributed by atoms with Gasteiger partial charge in [0.25, 0.3) is 0 Å². The summed E-state index contributed by atoms with van der Waals surface area (Å²) in [7, 11) is 3.07. The third kappa shape index (κ3) is 4.77. The number of hydrogen-bond donors (Lipinski definition) is 1. The molecule has 0 saturated carbocycles. The first-order chi connectivity index (χ1) is 15.1. The van der Waals surface area contributed by atoms with Crippen LogP contribution in [0.4, 0.5) is 4.39 Å². The molecule has 0 aliphatic carbocycles. The smallest absolute Gasteiger partial charge is 0.174 e. The summed E-state index contributed by atoms with van der Waals surface area (Å²) in [4.78, 5) is 0.912. The van der Waals surface area contributed by atoms with Gasteiger partial charge >= 0.3 is 0 Å². The maximum Gasteiger partial charge on any atom is 0.174 e. The second kappa shape index (κ2) is 9.31. The van der Waals surface area contributed by atoms with Crippen LogP contribution in [0.5, 0.6) is 17.2 Å². The molecular formula is C25H21FO4S. The minimum atomic E-state index is -0.941. The minimum Gasteiger partial charge on any atom is -0.497 e. The van der Waals surface area contributed by atoms with Crippen molar-refractivity contribution in [1.29, 1.82) is 0 Å². The van der Waals surface area contributed by atoms with E-state index in [1.54, 1.807) is 42.7 Å². The fourth-order valence-electron chi connectivity index (χ4n) is 3.11. The Morgan fingerprint density at radius 3 is 2.32 bits per heavy atom. The molecule has 1 atom stereocenters. The second-order valence-corrected chi connectivity index (χ2v) is 7.84. The number of halogens is 1. The van der Waals surface area contributed by atoms with Gasteiger partial charge in [-0.05, 0) is 59.7 Å². The molecule has 1 N–H and O–H groups in total. The molecule has 6 heteroatoms. The van der Waals surface area contributed by atoms with Gasteiger partial charge in [-0.1, -0.05) is 30.3 Å². The highest BCUT2D eigenvalue weighted by molar-refractivity contribution is 7.22. The maximum atomic E-state index is 13.5. The van der Waals surface area contributed by atoms with E-state index < -0.39 is 6.29 Å². The van der Waals surface area contributed by atoms with Gasteiger partial charge in [0.2, 0.25) is 0 Å². The first-order valence-electron chi connectivity index (χ1n) is 9.61. The molecule has 0 radical (unpaired) electrons. The van der Waals surface area contributed by atoms with E-state index in [0.29, 0.717) is 11.5 Å². The topological polar surface area (TPSA) is 47.9 Å². The van der Waals surface area contributed by atoms with E-state index in [9.17, 15) is 9.50 Å². The van der Waals surface area contributed by atoms with Crippen LogP contribution < -0.4 is 9.47 Å². The van der Waals surface area contributed by atoms with Crippen molar-refractivity contribution in [2.45, 2.75) is 6.29 Å². The lowest BCUT2D eigenvalue weighted by Gasteiger charge is -2.09. The van der Waals surface area contributed by atoms with Crippen LogP contribution in [0.2, 0.25) is 0 Å².